The van der Waals surface area contributed by atoms with Crippen molar-refractivity contribution >= 4 is 18.0 Å². The zero-order chi connectivity index (χ0) is 9.68. The Kier molecular flexibility index (Phi) is 3.75. The van der Waals surface area contributed by atoms with E-state index in [9.17, 15) is 4.79 Å². The van der Waals surface area contributed by atoms with Crippen molar-refractivity contribution < 1.29 is 0 Å². The van der Waals surface area contributed by atoms with Gasteiger partial charge in [-0.1, -0.05) is 6.08 Å². The molecule has 0 aliphatic heterocycles. The number of aromatic nitrogens is 4. The Balaban J connectivity index is 2.80. The molecule has 1 heterocycles. The van der Waals surface area contributed by atoms with Crippen LogP contribution in [0.25, 0.3) is 6.20 Å². The molecule has 0 saturated heterocycles. The number of hydrogen-bond donors (Lipinski definition) is 0. The summed E-state index contributed by atoms with van der Waals surface area (Å²) in [5, 5.41) is 7.40. The zero-order valence-corrected chi connectivity index (χ0v) is 8.49. The van der Waals surface area contributed by atoms with E-state index in [2.05, 4.69) is 10.4 Å². The maximum Gasteiger partial charge on any atom is 0.367 e. The number of hydrogen-bond acceptors (Lipinski definition) is 4. The Bertz CT molecular complexity index is 341. The molecular formula is C7H12N4OS. The average Bonchev–Trinajstić information content (AvgIpc) is 2.46. The molecule has 1 rings (SSSR count). The van der Waals surface area contributed by atoms with Gasteiger partial charge < -0.3 is 0 Å². The first-order chi connectivity index (χ1) is 6.29. The van der Waals surface area contributed by atoms with Gasteiger partial charge in [-0.05, 0) is 23.6 Å². The van der Waals surface area contributed by atoms with E-state index < -0.39 is 0 Å². The van der Waals surface area contributed by atoms with Crippen LogP contribution >= 0.6 is 11.8 Å². The topological polar surface area (TPSA) is 52.7 Å². The van der Waals surface area contributed by atoms with Crippen LogP contribution < -0.4 is 5.69 Å². The molecule has 0 aromatic carbocycles. The first kappa shape index (κ1) is 10.0. The van der Waals surface area contributed by atoms with Crippen molar-refractivity contribution in [2.75, 3.05) is 12.0 Å². The predicted molar refractivity (Wildman–Crippen MR) is 53.7 cm³/mol. The minimum absolute atomic E-state index is 0.188. The number of aryl methyl sites for hydroxylation is 1. The molecule has 0 unspecified atom stereocenters. The van der Waals surface area contributed by atoms with Crippen molar-refractivity contribution in [3.8, 4) is 0 Å². The number of thioether (sulfide) groups is 1. The molecule has 1 aromatic heterocycles. The van der Waals surface area contributed by atoms with Crippen molar-refractivity contribution in [3.05, 3.63) is 16.6 Å². The van der Waals surface area contributed by atoms with E-state index in [1.807, 2.05) is 13.2 Å². The SMILES string of the molecule is C/C=C/n1nnn(CCSC)c1=O. The van der Waals surface area contributed by atoms with Gasteiger partial charge in [0.25, 0.3) is 0 Å². The fourth-order valence-corrected chi connectivity index (χ4v) is 1.19. The van der Waals surface area contributed by atoms with Gasteiger partial charge in [0.1, 0.15) is 0 Å². The van der Waals surface area contributed by atoms with Crippen molar-refractivity contribution in [2.45, 2.75) is 13.5 Å². The first-order valence-corrected chi connectivity index (χ1v) is 5.33. The highest BCUT2D eigenvalue weighted by Crippen LogP contribution is 1.90. The third-order valence-corrected chi connectivity index (χ3v) is 2.05. The van der Waals surface area contributed by atoms with E-state index in [1.165, 1.54) is 9.36 Å². The number of rotatable bonds is 4. The number of nitrogens with zero attached hydrogens (tertiary/aromatic N) is 4. The molecule has 0 amide bonds. The lowest BCUT2D eigenvalue weighted by Gasteiger charge is -1.93. The van der Waals surface area contributed by atoms with Crippen LogP contribution in [-0.2, 0) is 6.54 Å². The van der Waals surface area contributed by atoms with E-state index in [-0.39, 0.29) is 5.69 Å². The Morgan fingerprint density at radius 1 is 1.54 bits per heavy atom. The summed E-state index contributed by atoms with van der Waals surface area (Å²) in [4.78, 5) is 11.4. The van der Waals surface area contributed by atoms with Crippen LogP contribution in [0.2, 0.25) is 0 Å². The molecule has 0 N–H and O–H groups in total. The third-order valence-electron chi connectivity index (χ3n) is 1.46. The summed E-state index contributed by atoms with van der Waals surface area (Å²) in [6.07, 6.45) is 5.32. The molecule has 6 heteroatoms. The van der Waals surface area contributed by atoms with Gasteiger partial charge in [0.05, 0.1) is 6.54 Å². The molecule has 13 heavy (non-hydrogen) atoms. The molecule has 0 radical (unpaired) electrons. The molecular weight excluding hydrogens is 188 g/mol. The highest BCUT2D eigenvalue weighted by molar-refractivity contribution is 7.98. The van der Waals surface area contributed by atoms with Crippen LogP contribution in [0.3, 0.4) is 0 Å². The molecule has 1 aromatic rings. The summed E-state index contributed by atoms with van der Waals surface area (Å²) in [6, 6.07) is 0. The highest BCUT2D eigenvalue weighted by Gasteiger charge is 2.02. The highest BCUT2D eigenvalue weighted by atomic mass is 32.2. The molecule has 0 bridgehead atoms. The normalized spacial score (nSPS) is 11.2. The number of allylic oxidation sites excluding steroid dienone is 1. The molecule has 0 saturated carbocycles. The predicted octanol–water partition coefficient (Wildman–Crippen LogP) is 0.293. The second-order valence-electron chi connectivity index (χ2n) is 2.40. The van der Waals surface area contributed by atoms with Gasteiger partial charge in [-0.2, -0.15) is 21.1 Å². The monoisotopic (exact) mass is 200 g/mol. The van der Waals surface area contributed by atoms with Gasteiger partial charge in [-0.15, -0.1) is 0 Å². The van der Waals surface area contributed by atoms with Crippen molar-refractivity contribution in [2.24, 2.45) is 0 Å². The Morgan fingerprint density at radius 2 is 2.31 bits per heavy atom. The largest absolute Gasteiger partial charge is 0.367 e. The summed E-state index contributed by atoms with van der Waals surface area (Å²) in [5.74, 6) is 0.869. The van der Waals surface area contributed by atoms with Crippen LogP contribution in [0.4, 0.5) is 0 Å². The van der Waals surface area contributed by atoms with Crippen LogP contribution in [0.1, 0.15) is 6.92 Å². The lowest BCUT2D eigenvalue weighted by Crippen LogP contribution is -2.23. The molecule has 0 fully saturated rings. The second kappa shape index (κ2) is 4.86. The van der Waals surface area contributed by atoms with Gasteiger partial charge in [0, 0.05) is 12.0 Å². The molecule has 5 nitrogen and oxygen atoms in total. The Morgan fingerprint density at radius 3 is 2.92 bits per heavy atom. The van der Waals surface area contributed by atoms with E-state index in [4.69, 9.17) is 0 Å². The minimum atomic E-state index is -0.188. The summed E-state index contributed by atoms with van der Waals surface area (Å²) < 4.78 is 2.58. The van der Waals surface area contributed by atoms with Crippen LogP contribution in [-0.4, -0.2) is 31.8 Å². The third kappa shape index (κ3) is 2.45. The first-order valence-electron chi connectivity index (χ1n) is 3.93. The maximum absolute atomic E-state index is 11.4. The minimum Gasteiger partial charge on any atom is -0.244 e. The average molecular weight is 200 g/mol. The Hall–Kier alpha value is -1.04. The molecule has 0 spiro atoms. The van der Waals surface area contributed by atoms with E-state index >= 15 is 0 Å². The van der Waals surface area contributed by atoms with Crippen LogP contribution in [0, 0.1) is 0 Å². The van der Waals surface area contributed by atoms with Crippen molar-refractivity contribution in [1.29, 1.82) is 0 Å². The summed E-state index contributed by atoms with van der Waals surface area (Å²) in [6.45, 7) is 2.44. The van der Waals surface area contributed by atoms with Crippen LogP contribution in [0.5, 0.6) is 0 Å². The van der Waals surface area contributed by atoms with Crippen molar-refractivity contribution in [1.82, 2.24) is 19.8 Å². The second-order valence-corrected chi connectivity index (χ2v) is 3.39. The summed E-state index contributed by atoms with van der Waals surface area (Å²) in [7, 11) is 0. The van der Waals surface area contributed by atoms with Gasteiger partial charge in [0.15, 0.2) is 0 Å². The van der Waals surface area contributed by atoms with Crippen molar-refractivity contribution in [3.63, 3.8) is 0 Å². The zero-order valence-electron chi connectivity index (χ0n) is 7.67. The van der Waals surface area contributed by atoms with E-state index in [0.29, 0.717) is 6.54 Å². The summed E-state index contributed by atoms with van der Waals surface area (Å²) in [5.41, 5.74) is -0.188. The smallest absolute Gasteiger partial charge is 0.244 e. The van der Waals surface area contributed by atoms with E-state index in [0.717, 1.165) is 5.75 Å². The molecule has 72 valence electrons. The van der Waals surface area contributed by atoms with Crippen LogP contribution in [0.15, 0.2) is 10.9 Å². The molecule has 0 aliphatic carbocycles. The lowest BCUT2D eigenvalue weighted by molar-refractivity contribution is 0.615. The van der Waals surface area contributed by atoms with Gasteiger partial charge in [-0.25, -0.2) is 4.79 Å². The summed E-state index contributed by atoms with van der Waals surface area (Å²) >= 11 is 1.67. The standard InChI is InChI=1S/C7H12N4OS/c1-3-4-10-7(12)11(9-8-10)5-6-13-2/h3-4H,5-6H2,1-2H3/b4-3+. The van der Waals surface area contributed by atoms with Gasteiger partial charge >= 0.3 is 5.69 Å². The number of tetrazole rings is 1. The fourth-order valence-electron chi connectivity index (χ4n) is 0.839. The van der Waals surface area contributed by atoms with Gasteiger partial charge in [-0.3, -0.25) is 0 Å². The lowest BCUT2D eigenvalue weighted by atomic mass is 10.7. The fraction of sp³-hybridized carbons (Fsp3) is 0.571. The Labute approximate surface area is 80.4 Å². The van der Waals surface area contributed by atoms with E-state index in [1.54, 1.807) is 24.0 Å². The molecule has 0 aliphatic rings. The quantitative estimate of drug-likeness (QED) is 0.701. The maximum atomic E-state index is 11.4. The molecule has 0 atom stereocenters. The van der Waals surface area contributed by atoms with Gasteiger partial charge in [0.2, 0.25) is 0 Å².